The van der Waals surface area contributed by atoms with Gasteiger partial charge in [0.05, 0.1) is 5.41 Å². The van der Waals surface area contributed by atoms with E-state index < -0.39 is 5.41 Å². The van der Waals surface area contributed by atoms with Crippen molar-refractivity contribution in [1.82, 2.24) is 29.7 Å². The van der Waals surface area contributed by atoms with E-state index in [1.54, 1.807) is 0 Å². The summed E-state index contributed by atoms with van der Waals surface area (Å²) in [6.07, 6.45) is 3.49. The number of amides is 1. The molecule has 10 heteroatoms. The number of nitrogen functional groups attached to an aromatic ring is 1. The lowest BCUT2D eigenvalue weighted by Gasteiger charge is -2.21. The van der Waals surface area contributed by atoms with Gasteiger partial charge in [-0.05, 0) is 13.3 Å². The molecule has 10 nitrogen and oxygen atoms in total. The first-order valence-electron chi connectivity index (χ1n) is 6.39. The molecule has 21 heavy (non-hydrogen) atoms. The average molecular weight is 289 g/mol. The number of hydrogen-bond acceptors (Lipinski definition) is 8. The van der Waals surface area contributed by atoms with Gasteiger partial charge in [0.15, 0.2) is 0 Å². The van der Waals surface area contributed by atoms with Gasteiger partial charge in [0.1, 0.15) is 12.7 Å². The summed E-state index contributed by atoms with van der Waals surface area (Å²) >= 11 is 0. The molecule has 1 atom stereocenters. The number of carbonyl (C=O) groups is 1. The van der Waals surface area contributed by atoms with Crippen LogP contribution < -0.4 is 16.4 Å². The molecular weight excluding hydrogens is 274 g/mol. The first kappa shape index (κ1) is 13.2. The Balaban J connectivity index is 1.92. The van der Waals surface area contributed by atoms with Gasteiger partial charge in [-0.25, -0.2) is 4.98 Å². The molecule has 0 aromatic carbocycles. The largest absolute Gasteiger partial charge is 0.369 e. The molecule has 3 rings (SSSR count). The molecule has 110 valence electrons. The minimum atomic E-state index is -0.588. The van der Waals surface area contributed by atoms with Crippen molar-refractivity contribution < 1.29 is 4.79 Å². The van der Waals surface area contributed by atoms with E-state index in [4.69, 9.17) is 11.5 Å². The molecule has 1 amide bonds. The quantitative estimate of drug-likeness (QED) is 0.712. The summed E-state index contributed by atoms with van der Waals surface area (Å²) in [7, 11) is 0. The number of primary amides is 1. The highest BCUT2D eigenvalue weighted by atomic mass is 16.1. The predicted octanol–water partition coefficient (Wildman–Crippen LogP) is -1.26. The zero-order chi connectivity index (χ0) is 15.0. The van der Waals surface area contributed by atoms with Gasteiger partial charge < -0.3 is 16.4 Å². The van der Waals surface area contributed by atoms with Crippen LogP contribution in [-0.4, -0.2) is 48.7 Å². The minimum Gasteiger partial charge on any atom is -0.369 e. The summed E-state index contributed by atoms with van der Waals surface area (Å²) in [4.78, 5) is 29.7. The highest BCUT2D eigenvalue weighted by Crippen LogP contribution is 2.31. The van der Waals surface area contributed by atoms with Crippen molar-refractivity contribution in [3.05, 3.63) is 12.7 Å². The maximum absolute atomic E-state index is 11.5. The van der Waals surface area contributed by atoms with Crippen LogP contribution in [0.2, 0.25) is 0 Å². The standard InChI is InChI=1S/C11H15N9O/c1-11(7(12)21)2-3-19(4-11)9-16-8(13)17-10(18-9)20-6-14-5-15-20/h5-6H,2-4H2,1H3,(H2,12,21)(H2,13,16,17,18). The molecule has 1 fully saturated rings. The first-order chi connectivity index (χ1) is 9.98. The first-order valence-corrected chi connectivity index (χ1v) is 6.39. The number of aromatic nitrogens is 6. The molecule has 0 saturated carbocycles. The van der Waals surface area contributed by atoms with Gasteiger partial charge >= 0.3 is 0 Å². The summed E-state index contributed by atoms with van der Waals surface area (Å²) in [5.41, 5.74) is 10.6. The van der Waals surface area contributed by atoms with Crippen molar-refractivity contribution in [2.24, 2.45) is 11.1 Å². The van der Waals surface area contributed by atoms with Crippen molar-refractivity contribution in [3.63, 3.8) is 0 Å². The lowest BCUT2D eigenvalue weighted by atomic mass is 9.89. The normalized spacial score (nSPS) is 21.7. The molecule has 1 aliphatic rings. The molecule has 2 aromatic rings. The lowest BCUT2D eigenvalue weighted by molar-refractivity contribution is -0.125. The minimum absolute atomic E-state index is 0.0816. The maximum atomic E-state index is 11.5. The second-order valence-corrected chi connectivity index (χ2v) is 5.23. The Kier molecular flexibility index (Phi) is 2.92. The van der Waals surface area contributed by atoms with Crippen LogP contribution in [-0.2, 0) is 4.79 Å². The molecular formula is C11H15N9O. The Bertz CT molecular complexity index is 670. The van der Waals surface area contributed by atoms with Crippen molar-refractivity contribution in [3.8, 4) is 5.95 Å². The van der Waals surface area contributed by atoms with E-state index in [2.05, 4.69) is 25.0 Å². The van der Waals surface area contributed by atoms with Gasteiger partial charge in [-0.15, -0.1) is 0 Å². The van der Waals surface area contributed by atoms with Crippen LogP contribution in [0.3, 0.4) is 0 Å². The Morgan fingerprint density at radius 1 is 1.33 bits per heavy atom. The second-order valence-electron chi connectivity index (χ2n) is 5.23. The zero-order valence-electron chi connectivity index (χ0n) is 11.5. The summed E-state index contributed by atoms with van der Waals surface area (Å²) in [5.74, 6) is 0.433. The van der Waals surface area contributed by atoms with Crippen LogP contribution in [0.25, 0.3) is 5.95 Å². The fourth-order valence-corrected chi connectivity index (χ4v) is 2.26. The highest BCUT2D eigenvalue weighted by Gasteiger charge is 2.40. The number of carbonyl (C=O) groups excluding carboxylic acids is 1. The molecule has 3 heterocycles. The zero-order valence-corrected chi connectivity index (χ0v) is 11.5. The summed E-state index contributed by atoms with van der Waals surface area (Å²) in [6.45, 7) is 2.90. The Morgan fingerprint density at radius 3 is 2.71 bits per heavy atom. The van der Waals surface area contributed by atoms with Crippen LogP contribution in [0.15, 0.2) is 12.7 Å². The van der Waals surface area contributed by atoms with E-state index in [9.17, 15) is 4.79 Å². The number of nitrogens with two attached hydrogens (primary N) is 2. The maximum Gasteiger partial charge on any atom is 0.258 e. The molecule has 2 aromatic heterocycles. The molecule has 0 aliphatic carbocycles. The van der Waals surface area contributed by atoms with Gasteiger partial charge in [-0.1, -0.05) is 0 Å². The summed E-state index contributed by atoms with van der Waals surface area (Å²) in [5, 5.41) is 3.96. The molecule has 0 radical (unpaired) electrons. The topological polar surface area (TPSA) is 142 Å². The SMILES string of the molecule is CC1(C(N)=O)CCN(c2nc(N)nc(-n3cncn3)n2)C1. The van der Waals surface area contributed by atoms with Crippen molar-refractivity contribution >= 4 is 17.8 Å². The van der Waals surface area contributed by atoms with E-state index >= 15 is 0 Å². The molecule has 1 saturated heterocycles. The van der Waals surface area contributed by atoms with Gasteiger partial charge in [-0.3, -0.25) is 4.79 Å². The van der Waals surface area contributed by atoms with Gasteiger partial charge in [0, 0.05) is 13.1 Å². The van der Waals surface area contributed by atoms with E-state index in [-0.39, 0.29) is 17.8 Å². The number of rotatable bonds is 3. The van der Waals surface area contributed by atoms with Gasteiger partial charge in [0.25, 0.3) is 5.95 Å². The third kappa shape index (κ3) is 2.35. The summed E-state index contributed by atoms with van der Waals surface area (Å²) in [6, 6.07) is 0. The summed E-state index contributed by atoms with van der Waals surface area (Å²) < 4.78 is 1.39. The molecule has 4 N–H and O–H groups in total. The third-order valence-electron chi connectivity index (χ3n) is 3.60. The molecule has 1 unspecified atom stereocenters. The number of anilines is 2. The van der Waals surface area contributed by atoms with E-state index in [0.717, 1.165) is 0 Å². The number of hydrogen-bond donors (Lipinski definition) is 2. The van der Waals surface area contributed by atoms with Crippen molar-refractivity contribution in [2.75, 3.05) is 23.7 Å². The van der Waals surface area contributed by atoms with Crippen molar-refractivity contribution in [2.45, 2.75) is 13.3 Å². The van der Waals surface area contributed by atoms with Crippen LogP contribution >= 0.6 is 0 Å². The molecule has 1 aliphatic heterocycles. The van der Waals surface area contributed by atoms with E-state index in [0.29, 0.717) is 25.5 Å². The Morgan fingerprint density at radius 2 is 2.10 bits per heavy atom. The second kappa shape index (κ2) is 4.65. The fraction of sp³-hybridized carbons (Fsp3) is 0.455. The number of nitrogens with zero attached hydrogens (tertiary/aromatic N) is 7. The smallest absolute Gasteiger partial charge is 0.258 e. The van der Waals surface area contributed by atoms with E-state index in [1.807, 2.05) is 11.8 Å². The third-order valence-corrected chi connectivity index (χ3v) is 3.60. The van der Waals surface area contributed by atoms with Crippen LogP contribution in [0, 0.1) is 5.41 Å². The predicted molar refractivity (Wildman–Crippen MR) is 73.3 cm³/mol. The highest BCUT2D eigenvalue weighted by molar-refractivity contribution is 5.81. The Labute approximate surface area is 120 Å². The van der Waals surface area contributed by atoms with Crippen molar-refractivity contribution in [1.29, 1.82) is 0 Å². The Hall–Kier alpha value is -2.78. The average Bonchev–Trinajstić information content (AvgIpc) is 3.08. The fourth-order valence-electron chi connectivity index (χ4n) is 2.26. The van der Waals surface area contributed by atoms with Gasteiger partial charge in [0.2, 0.25) is 17.8 Å². The van der Waals surface area contributed by atoms with Crippen LogP contribution in [0.5, 0.6) is 0 Å². The van der Waals surface area contributed by atoms with Crippen LogP contribution in [0.4, 0.5) is 11.9 Å². The molecule has 0 spiro atoms. The molecule has 0 bridgehead atoms. The van der Waals surface area contributed by atoms with Gasteiger partial charge in [-0.2, -0.15) is 24.7 Å². The monoisotopic (exact) mass is 289 g/mol. The van der Waals surface area contributed by atoms with E-state index in [1.165, 1.54) is 17.3 Å². The lowest BCUT2D eigenvalue weighted by Crippen LogP contribution is -2.37. The van der Waals surface area contributed by atoms with Crippen LogP contribution in [0.1, 0.15) is 13.3 Å².